The average molecular weight is 451 g/mol. The van der Waals surface area contributed by atoms with Crippen molar-refractivity contribution in [3.05, 3.63) is 71.8 Å². The van der Waals surface area contributed by atoms with Crippen LogP contribution in [0.25, 0.3) is 21.9 Å². The lowest BCUT2D eigenvalue weighted by atomic mass is 9.77. The monoisotopic (exact) mass is 450 g/mol. The van der Waals surface area contributed by atoms with Crippen LogP contribution >= 0.6 is 0 Å². The van der Waals surface area contributed by atoms with E-state index in [9.17, 15) is 13.2 Å². The number of ether oxygens (including phenoxy) is 1. The highest BCUT2D eigenvalue weighted by atomic mass is 19.4. The molecule has 0 unspecified atom stereocenters. The Labute approximate surface area is 194 Å². The van der Waals surface area contributed by atoms with Crippen LogP contribution in [-0.4, -0.2) is 6.36 Å². The molecule has 0 saturated heterocycles. The smallest absolute Gasteiger partial charge is 0.352 e. The number of fused-ring (bicyclic) bond motifs is 1. The fourth-order valence-electron chi connectivity index (χ4n) is 4.94. The first-order chi connectivity index (χ1) is 15.9. The van der Waals surface area contributed by atoms with Crippen LogP contribution in [0.2, 0.25) is 0 Å². The third-order valence-electron chi connectivity index (χ3n) is 6.76. The van der Waals surface area contributed by atoms with Gasteiger partial charge in [0.15, 0.2) is 0 Å². The Morgan fingerprint density at radius 3 is 2.33 bits per heavy atom. The maximum absolute atomic E-state index is 12.2. The zero-order valence-electron chi connectivity index (χ0n) is 18.9. The van der Waals surface area contributed by atoms with E-state index in [2.05, 4.69) is 47.9 Å². The molecule has 0 bridgehead atoms. The maximum atomic E-state index is 12.2. The van der Waals surface area contributed by atoms with Gasteiger partial charge in [-0.3, -0.25) is 0 Å². The van der Waals surface area contributed by atoms with Crippen molar-refractivity contribution in [3.8, 4) is 23.2 Å². The number of hydrogen-bond donors (Lipinski definition) is 0. The number of benzene rings is 3. The van der Waals surface area contributed by atoms with Gasteiger partial charge >= 0.3 is 6.36 Å². The van der Waals surface area contributed by atoms with Crippen molar-refractivity contribution in [2.75, 3.05) is 0 Å². The van der Waals surface area contributed by atoms with E-state index in [-0.39, 0.29) is 0 Å². The van der Waals surface area contributed by atoms with Crippen LogP contribution in [0.1, 0.15) is 68.9 Å². The van der Waals surface area contributed by atoms with Crippen molar-refractivity contribution in [1.82, 2.24) is 0 Å². The summed E-state index contributed by atoms with van der Waals surface area (Å²) in [6.07, 6.45) is 6.27. The Hall–Kier alpha value is -2.93. The van der Waals surface area contributed by atoms with Crippen molar-refractivity contribution in [2.45, 2.75) is 64.1 Å². The minimum absolute atomic E-state index is 0.508. The van der Waals surface area contributed by atoms with Crippen LogP contribution in [0, 0.1) is 17.9 Å². The molecule has 0 heterocycles. The molecule has 3 aromatic rings. The lowest BCUT2D eigenvalue weighted by Gasteiger charge is -2.29. The van der Waals surface area contributed by atoms with Crippen molar-refractivity contribution < 1.29 is 17.9 Å². The Kier molecular flexibility index (Phi) is 7.28. The number of halogens is 3. The maximum Gasteiger partial charge on any atom is 0.581 e. The lowest BCUT2D eigenvalue weighted by molar-refractivity contribution is -0.291. The van der Waals surface area contributed by atoms with Crippen molar-refractivity contribution in [2.24, 2.45) is 5.92 Å². The van der Waals surface area contributed by atoms with E-state index in [1.54, 1.807) is 18.2 Å². The van der Waals surface area contributed by atoms with Crippen LogP contribution in [-0.2, 0) is 4.74 Å². The first-order valence-electron chi connectivity index (χ1n) is 11.8. The lowest BCUT2D eigenvalue weighted by Crippen LogP contribution is -2.13. The summed E-state index contributed by atoms with van der Waals surface area (Å²) in [5.74, 6) is 4.04. The molecule has 172 valence electrons. The molecular formula is C29H29F3O. The number of rotatable bonds is 5. The standard InChI is InChI=1S/C29H29F3O/c1-2-3-5-21-8-10-22(11-9-21)23-12-14-24(15-13-23)26-16-17-28-25(6-4-7-27(28)20-26)18-19-33-29(30,31)32/h4,6-7,12-17,20-22H,2-3,5,8-11H2,1H3. The van der Waals surface area contributed by atoms with E-state index < -0.39 is 6.36 Å². The van der Waals surface area contributed by atoms with Crippen LogP contribution in [0.3, 0.4) is 0 Å². The van der Waals surface area contributed by atoms with E-state index in [1.165, 1.54) is 50.5 Å². The zero-order valence-corrected chi connectivity index (χ0v) is 18.9. The van der Waals surface area contributed by atoms with E-state index in [1.807, 2.05) is 18.2 Å². The van der Waals surface area contributed by atoms with E-state index in [0.717, 1.165) is 27.8 Å². The van der Waals surface area contributed by atoms with Crippen molar-refractivity contribution in [3.63, 3.8) is 0 Å². The van der Waals surface area contributed by atoms with Gasteiger partial charge in [0.25, 0.3) is 0 Å². The molecule has 0 amide bonds. The van der Waals surface area contributed by atoms with Gasteiger partial charge in [0.1, 0.15) is 6.11 Å². The summed E-state index contributed by atoms with van der Waals surface area (Å²) in [4.78, 5) is 0. The normalized spacial score (nSPS) is 18.5. The van der Waals surface area contributed by atoms with Crippen LogP contribution < -0.4 is 0 Å². The number of alkyl halides is 3. The summed E-state index contributed by atoms with van der Waals surface area (Å²) >= 11 is 0. The van der Waals surface area contributed by atoms with Gasteiger partial charge in [-0.15, -0.1) is 13.2 Å². The second-order valence-corrected chi connectivity index (χ2v) is 9.00. The molecule has 0 aromatic heterocycles. The second-order valence-electron chi connectivity index (χ2n) is 9.00. The predicted octanol–water partition coefficient (Wildman–Crippen LogP) is 8.82. The molecule has 1 saturated carbocycles. The largest absolute Gasteiger partial charge is 0.581 e. The summed E-state index contributed by atoms with van der Waals surface area (Å²) in [6, 6.07) is 20.3. The molecule has 0 N–H and O–H groups in total. The average Bonchev–Trinajstić information content (AvgIpc) is 2.82. The fraction of sp³-hybridized carbons (Fsp3) is 0.379. The van der Waals surface area contributed by atoms with Gasteiger partial charge in [-0.1, -0.05) is 74.7 Å². The molecule has 0 atom stereocenters. The molecule has 1 aliphatic rings. The van der Waals surface area contributed by atoms with E-state index in [4.69, 9.17) is 0 Å². The highest BCUT2D eigenvalue weighted by Gasteiger charge is 2.29. The van der Waals surface area contributed by atoms with Gasteiger partial charge in [-0.25, -0.2) is 0 Å². The summed E-state index contributed by atoms with van der Waals surface area (Å²) in [5, 5.41) is 1.73. The predicted molar refractivity (Wildman–Crippen MR) is 128 cm³/mol. The molecule has 0 aliphatic heterocycles. The molecule has 1 nitrogen and oxygen atoms in total. The molecular weight excluding hydrogens is 421 g/mol. The molecule has 4 heteroatoms. The van der Waals surface area contributed by atoms with Crippen LogP contribution in [0.4, 0.5) is 13.2 Å². The van der Waals surface area contributed by atoms with Crippen LogP contribution in [0.15, 0.2) is 60.7 Å². The fourth-order valence-corrected chi connectivity index (χ4v) is 4.94. The summed E-state index contributed by atoms with van der Waals surface area (Å²) in [5.41, 5.74) is 4.15. The van der Waals surface area contributed by atoms with Gasteiger partial charge < -0.3 is 4.74 Å². The Bertz CT molecular complexity index is 1130. The Morgan fingerprint density at radius 1 is 0.909 bits per heavy atom. The SMILES string of the molecule is CCCCC1CCC(c2ccc(-c3ccc4c(C#COC(F)(F)F)cccc4c3)cc2)CC1. The quantitative estimate of drug-likeness (QED) is 0.353. The minimum Gasteiger partial charge on any atom is -0.352 e. The minimum atomic E-state index is -4.76. The van der Waals surface area contributed by atoms with Gasteiger partial charge in [0.05, 0.1) is 0 Å². The molecule has 33 heavy (non-hydrogen) atoms. The van der Waals surface area contributed by atoms with Gasteiger partial charge in [0.2, 0.25) is 0 Å². The Balaban J connectivity index is 1.47. The third-order valence-corrected chi connectivity index (χ3v) is 6.76. The number of hydrogen-bond acceptors (Lipinski definition) is 1. The molecule has 1 fully saturated rings. The van der Waals surface area contributed by atoms with Crippen molar-refractivity contribution in [1.29, 1.82) is 0 Å². The second kappa shape index (κ2) is 10.3. The van der Waals surface area contributed by atoms with E-state index >= 15 is 0 Å². The summed E-state index contributed by atoms with van der Waals surface area (Å²) in [6.45, 7) is 2.27. The van der Waals surface area contributed by atoms with Gasteiger partial charge in [0, 0.05) is 5.56 Å². The molecule has 4 rings (SSSR count). The number of unbranched alkanes of at least 4 members (excludes halogenated alkanes) is 1. The van der Waals surface area contributed by atoms with Crippen LogP contribution in [0.5, 0.6) is 0 Å². The highest BCUT2D eigenvalue weighted by Crippen LogP contribution is 2.38. The van der Waals surface area contributed by atoms with Gasteiger partial charge in [-0.05, 0) is 83.0 Å². The first-order valence-corrected chi connectivity index (χ1v) is 11.8. The van der Waals surface area contributed by atoms with Gasteiger partial charge in [-0.2, -0.15) is 0 Å². The molecule has 1 aliphatic carbocycles. The molecule has 0 spiro atoms. The molecule has 0 radical (unpaired) electrons. The topological polar surface area (TPSA) is 9.23 Å². The highest BCUT2D eigenvalue weighted by molar-refractivity contribution is 5.91. The molecule has 3 aromatic carbocycles. The van der Waals surface area contributed by atoms with Crippen molar-refractivity contribution >= 4 is 10.8 Å². The Morgan fingerprint density at radius 2 is 1.64 bits per heavy atom. The zero-order chi connectivity index (χ0) is 23.3. The first kappa shape index (κ1) is 23.2. The summed E-state index contributed by atoms with van der Waals surface area (Å²) < 4.78 is 40.2. The third kappa shape index (κ3) is 6.11. The summed E-state index contributed by atoms with van der Waals surface area (Å²) in [7, 11) is 0. The van der Waals surface area contributed by atoms with E-state index in [0.29, 0.717) is 11.5 Å².